The second-order valence-corrected chi connectivity index (χ2v) is 5.26. The average Bonchev–Trinajstić information content (AvgIpc) is 1.82. The van der Waals surface area contributed by atoms with Crippen LogP contribution in [0.2, 0.25) is 0 Å². The van der Waals surface area contributed by atoms with Crippen molar-refractivity contribution < 1.29 is 24.3 Å². The van der Waals surface area contributed by atoms with Gasteiger partial charge >= 0.3 is 13.6 Å². The van der Waals surface area contributed by atoms with Crippen LogP contribution in [-0.2, 0) is 9.36 Å². The van der Waals surface area contributed by atoms with E-state index in [2.05, 4.69) is 0 Å². The Morgan fingerprint density at radius 1 is 1.54 bits per heavy atom. The minimum absolute atomic E-state index is 0.200. The van der Waals surface area contributed by atoms with Gasteiger partial charge in [0, 0.05) is 0 Å². The molecule has 0 aliphatic carbocycles. The first-order chi connectivity index (χ1) is 5.61. The van der Waals surface area contributed by atoms with Crippen LogP contribution < -0.4 is 5.73 Å². The van der Waals surface area contributed by atoms with Crippen molar-refractivity contribution in [1.82, 2.24) is 0 Å². The molecule has 1 atom stereocenters. The molecular formula is C6H14NO5P. The summed E-state index contributed by atoms with van der Waals surface area (Å²) in [5, 5.41) is 6.14. The first-order valence-electron chi connectivity index (χ1n) is 3.69. The fourth-order valence-electron chi connectivity index (χ4n) is 0.953. The van der Waals surface area contributed by atoms with Crippen molar-refractivity contribution in [1.29, 1.82) is 0 Å². The van der Waals surface area contributed by atoms with Gasteiger partial charge in [0.05, 0.1) is 0 Å². The molecule has 78 valence electrons. The zero-order valence-corrected chi connectivity index (χ0v) is 8.36. The second-order valence-electron chi connectivity index (χ2n) is 3.37. The molecule has 0 aliphatic rings. The average molecular weight is 211 g/mol. The zero-order chi connectivity index (χ0) is 10.9. The molecule has 0 radical (unpaired) electrons. The van der Waals surface area contributed by atoms with E-state index in [1.165, 1.54) is 0 Å². The monoisotopic (exact) mass is 211 g/mol. The highest BCUT2D eigenvalue weighted by atomic mass is 31.2. The summed E-state index contributed by atoms with van der Waals surface area (Å²) in [4.78, 5) is 28.1. The highest BCUT2D eigenvalue weighted by Gasteiger charge is 2.50. The first-order valence-corrected chi connectivity index (χ1v) is 5.30. The van der Waals surface area contributed by atoms with Crippen LogP contribution in [-0.4, -0.2) is 26.1 Å². The maximum atomic E-state index is 10.8. The van der Waals surface area contributed by atoms with Gasteiger partial charge in [0.1, 0.15) is 0 Å². The van der Waals surface area contributed by atoms with E-state index >= 15 is 0 Å². The first kappa shape index (κ1) is 12.6. The fourth-order valence-corrected chi connectivity index (χ4v) is 1.81. The number of carboxylic acids is 1. The molecule has 0 bridgehead atoms. The third-order valence-corrected chi connectivity index (χ3v) is 3.02. The van der Waals surface area contributed by atoms with E-state index in [-0.39, 0.29) is 12.3 Å². The molecule has 0 heterocycles. The number of hydrogen-bond donors (Lipinski definition) is 4. The molecule has 0 rings (SSSR count). The summed E-state index contributed by atoms with van der Waals surface area (Å²) in [5.74, 6) is -1.87. The number of hydrogen-bond acceptors (Lipinski definition) is 3. The van der Waals surface area contributed by atoms with Crippen molar-refractivity contribution in [2.24, 2.45) is 11.7 Å². The van der Waals surface area contributed by atoms with Gasteiger partial charge < -0.3 is 20.6 Å². The minimum atomic E-state index is -4.82. The molecule has 0 saturated heterocycles. The summed E-state index contributed by atoms with van der Waals surface area (Å²) in [5.41, 5.74) is 5.16. The summed E-state index contributed by atoms with van der Waals surface area (Å²) in [6.45, 7) is 3.28. The van der Waals surface area contributed by atoms with Gasteiger partial charge in [-0.2, -0.15) is 0 Å². The van der Waals surface area contributed by atoms with Crippen molar-refractivity contribution in [3.8, 4) is 0 Å². The number of nitrogens with two attached hydrogens (primary N) is 1. The summed E-state index contributed by atoms with van der Waals surface area (Å²) >= 11 is 0. The molecule has 0 aliphatic heterocycles. The Labute approximate surface area is 75.9 Å². The van der Waals surface area contributed by atoms with Crippen LogP contribution in [0, 0.1) is 5.92 Å². The van der Waals surface area contributed by atoms with Crippen molar-refractivity contribution in [3.05, 3.63) is 0 Å². The van der Waals surface area contributed by atoms with Gasteiger partial charge in [-0.3, -0.25) is 4.57 Å². The molecule has 0 aromatic carbocycles. The predicted octanol–water partition coefficient (Wildman–Crippen LogP) is -0.0502. The van der Waals surface area contributed by atoms with Crippen LogP contribution in [0.3, 0.4) is 0 Å². The molecule has 13 heavy (non-hydrogen) atoms. The van der Waals surface area contributed by atoms with Gasteiger partial charge in [-0.1, -0.05) is 13.8 Å². The Bertz CT molecular complexity index is 247. The van der Waals surface area contributed by atoms with Crippen LogP contribution >= 0.6 is 7.60 Å². The largest absolute Gasteiger partial charge is 0.479 e. The van der Waals surface area contributed by atoms with Crippen molar-refractivity contribution in [3.63, 3.8) is 0 Å². The quantitative estimate of drug-likeness (QED) is 0.484. The fraction of sp³-hybridized carbons (Fsp3) is 0.833. The summed E-state index contributed by atoms with van der Waals surface area (Å²) < 4.78 is 10.8. The highest BCUT2D eigenvalue weighted by molar-refractivity contribution is 7.54. The van der Waals surface area contributed by atoms with Gasteiger partial charge in [-0.25, -0.2) is 4.79 Å². The predicted molar refractivity (Wildman–Crippen MR) is 46.1 cm³/mol. The normalized spacial score (nSPS) is 17.1. The lowest BCUT2D eigenvalue weighted by molar-refractivity contribution is -0.141. The Morgan fingerprint density at radius 2 is 1.92 bits per heavy atom. The second kappa shape index (κ2) is 3.75. The van der Waals surface area contributed by atoms with Crippen molar-refractivity contribution in [2.75, 3.05) is 0 Å². The standard InChI is InChI=1S/C6H14NO5P/c1-4(2)3-6(7,5(8)9)13(10,11)12/h4H,3,7H2,1-2H3,(H,8,9)(H2,10,11,12)/t6-/m1/s1. The number of carbonyl (C=O) groups is 1. The maximum Gasteiger partial charge on any atom is 0.356 e. The van der Waals surface area contributed by atoms with E-state index in [4.69, 9.17) is 20.6 Å². The van der Waals surface area contributed by atoms with E-state index < -0.39 is 18.8 Å². The van der Waals surface area contributed by atoms with Crippen LogP contribution in [0.15, 0.2) is 0 Å². The molecular weight excluding hydrogens is 197 g/mol. The number of carboxylic acid groups (broad SMARTS) is 1. The van der Waals surface area contributed by atoms with Crippen molar-refractivity contribution in [2.45, 2.75) is 25.5 Å². The van der Waals surface area contributed by atoms with Crippen molar-refractivity contribution >= 4 is 13.6 Å². The van der Waals surface area contributed by atoms with Gasteiger partial charge in [0.2, 0.25) is 5.28 Å². The smallest absolute Gasteiger partial charge is 0.356 e. The lowest BCUT2D eigenvalue weighted by Crippen LogP contribution is -2.48. The molecule has 0 aromatic heterocycles. The molecule has 0 unspecified atom stereocenters. The van der Waals surface area contributed by atoms with Crippen LogP contribution in [0.25, 0.3) is 0 Å². The van der Waals surface area contributed by atoms with E-state index in [1.54, 1.807) is 13.8 Å². The van der Waals surface area contributed by atoms with Crippen LogP contribution in [0.4, 0.5) is 0 Å². The van der Waals surface area contributed by atoms with E-state index in [0.717, 1.165) is 0 Å². The van der Waals surface area contributed by atoms with Gasteiger partial charge in [-0.15, -0.1) is 0 Å². The number of aliphatic carboxylic acids is 1. The maximum absolute atomic E-state index is 10.8. The van der Waals surface area contributed by atoms with Crippen LogP contribution in [0.1, 0.15) is 20.3 Å². The minimum Gasteiger partial charge on any atom is -0.479 e. The van der Waals surface area contributed by atoms with Crippen LogP contribution in [0.5, 0.6) is 0 Å². The topological polar surface area (TPSA) is 121 Å². The van der Waals surface area contributed by atoms with Gasteiger partial charge in [0.15, 0.2) is 0 Å². The molecule has 0 spiro atoms. The summed E-state index contributed by atoms with van der Waals surface area (Å²) in [7, 11) is -4.82. The molecule has 5 N–H and O–H groups in total. The Kier molecular flexibility index (Phi) is 3.63. The van der Waals surface area contributed by atoms with Gasteiger partial charge in [-0.05, 0) is 12.3 Å². The Morgan fingerprint density at radius 3 is 2.00 bits per heavy atom. The molecule has 6 nitrogen and oxygen atoms in total. The van der Waals surface area contributed by atoms with E-state index in [9.17, 15) is 9.36 Å². The van der Waals surface area contributed by atoms with E-state index in [1.807, 2.05) is 0 Å². The molecule has 0 amide bonds. The molecule has 0 aromatic rings. The van der Waals surface area contributed by atoms with Gasteiger partial charge in [0.25, 0.3) is 0 Å². The zero-order valence-electron chi connectivity index (χ0n) is 7.47. The highest BCUT2D eigenvalue weighted by Crippen LogP contribution is 2.50. The van der Waals surface area contributed by atoms with E-state index in [0.29, 0.717) is 0 Å². The molecule has 7 heteroatoms. The Hall–Kier alpha value is -0.420. The third kappa shape index (κ3) is 2.77. The lowest BCUT2D eigenvalue weighted by atomic mass is 10.0. The summed E-state index contributed by atoms with van der Waals surface area (Å²) in [6, 6.07) is 0. The number of rotatable bonds is 4. The third-order valence-electron chi connectivity index (χ3n) is 1.61. The molecule has 0 fully saturated rings. The molecule has 0 saturated carbocycles. The lowest BCUT2D eigenvalue weighted by Gasteiger charge is -2.26. The summed E-state index contributed by atoms with van der Waals surface area (Å²) in [6.07, 6.45) is -0.257. The SMILES string of the molecule is CC(C)C[C@](N)(C(=O)O)P(=O)(O)O. The Balaban J connectivity index is 4.97.